The van der Waals surface area contributed by atoms with Gasteiger partial charge in [-0.15, -0.1) is 0 Å². The van der Waals surface area contributed by atoms with Gasteiger partial charge in [0.25, 0.3) is 11.1 Å². The van der Waals surface area contributed by atoms with E-state index in [4.69, 9.17) is 5.26 Å². The van der Waals surface area contributed by atoms with Crippen LogP contribution in [0.1, 0.15) is 18.2 Å². The van der Waals surface area contributed by atoms with Gasteiger partial charge in [-0.05, 0) is 19.1 Å². The molecule has 24 heavy (non-hydrogen) atoms. The van der Waals surface area contributed by atoms with Crippen LogP contribution in [-0.2, 0) is 13.1 Å². The minimum atomic E-state index is -0.692. The molecule has 0 aromatic carbocycles. The van der Waals surface area contributed by atoms with Crippen LogP contribution in [0, 0.1) is 11.3 Å². The summed E-state index contributed by atoms with van der Waals surface area (Å²) in [5, 5.41) is 9.06. The molecular weight excluding hydrogens is 310 g/mol. The number of fused-ring (bicyclic) bond motifs is 1. The largest absolute Gasteiger partial charge is 0.331 e. The Hall–Kier alpha value is -3.47. The molecule has 3 rings (SSSR count). The van der Waals surface area contributed by atoms with Crippen molar-refractivity contribution in [1.29, 1.82) is 5.26 Å². The van der Waals surface area contributed by atoms with Crippen molar-refractivity contribution in [2.45, 2.75) is 20.0 Å². The zero-order valence-corrected chi connectivity index (χ0v) is 12.8. The SMILES string of the molecule is CCn1cc(C#N)c(=O)n(Cc2cc(=O)n3ccccc3n2)c1=O. The molecule has 0 N–H and O–H groups in total. The first-order valence-corrected chi connectivity index (χ1v) is 7.27. The predicted octanol–water partition coefficient (Wildman–Crippen LogP) is -0.0422. The third-order valence-electron chi connectivity index (χ3n) is 3.64. The summed E-state index contributed by atoms with van der Waals surface area (Å²) in [5.41, 5.74) is -0.980. The zero-order valence-electron chi connectivity index (χ0n) is 12.8. The molecule has 0 aliphatic carbocycles. The van der Waals surface area contributed by atoms with E-state index < -0.39 is 11.2 Å². The molecule has 0 atom stereocenters. The summed E-state index contributed by atoms with van der Waals surface area (Å²) < 4.78 is 3.55. The van der Waals surface area contributed by atoms with E-state index >= 15 is 0 Å². The van der Waals surface area contributed by atoms with Gasteiger partial charge in [0.1, 0.15) is 17.3 Å². The highest BCUT2D eigenvalue weighted by atomic mass is 16.2. The van der Waals surface area contributed by atoms with E-state index in [2.05, 4.69) is 4.98 Å². The number of hydrogen-bond acceptors (Lipinski definition) is 5. The molecular formula is C16H13N5O3. The second-order valence-corrected chi connectivity index (χ2v) is 5.13. The average Bonchev–Trinajstić information content (AvgIpc) is 2.59. The molecule has 0 bridgehead atoms. The molecule has 0 aliphatic rings. The van der Waals surface area contributed by atoms with Crippen molar-refractivity contribution in [3.05, 3.63) is 79.1 Å². The molecule has 3 heterocycles. The maximum atomic E-state index is 12.3. The predicted molar refractivity (Wildman–Crippen MR) is 85.9 cm³/mol. The third-order valence-corrected chi connectivity index (χ3v) is 3.64. The second-order valence-electron chi connectivity index (χ2n) is 5.13. The summed E-state index contributed by atoms with van der Waals surface area (Å²) in [4.78, 5) is 41.0. The lowest BCUT2D eigenvalue weighted by atomic mass is 10.3. The molecule has 0 radical (unpaired) electrons. The maximum absolute atomic E-state index is 12.3. The average molecular weight is 323 g/mol. The maximum Gasteiger partial charge on any atom is 0.331 e. The Morgan fingerprint density at radius 1 is 1.25 bits per heavy atom. The molecule has 0 fully saturated rings. The van der Waals surface area contributed by atoms with Gasteiger partial charge in [0, 0.05) is 25.0 Å². The summed E-state index contributed by atoms with van der Waals surface area (Å²) in [6.45, 7) is 1.88. The van der Waals surface area contributed by atoms with Gasteiger partial charge >= 0.3 is 5.69 Å². The smallest absolute Gasteiger partial charge is 0.299 e. The Balaban J connectivity index is 2.19. The molecule has 0 amide bonds. The molecule has 0 spiro atoms. The van der Waals surface area contributed by atoms with Crippen LogP contribution in [0.3, 0.4) is 0 Å². The van der Waals surface area contributed by atoms with Gasteiger partial charge in [-0.3, -0.25) is 23.1 Å². The van der Waals surface area contributed by atoms with Gasteiger partial charge in [-0.2, -0.15) is 5.26 Å². The first-order valence-electron chi connectivity index (χ1n) is 7.27. The highest BCUT2D eigenvalue weighted by Gasteiger charge is 2.12. The van der Waals surface area contributed by atoms with Crippen LogP contribution >= 0.6 is 0 Å². The molecule has 0 saturated carbocycles. The number of nitriles is 1. The fourth-order valence-corrected chi connectivity index (χ4v) is 2.44. The molecule has 0 saturated heterocycles. The molecule has 120 valence electrons. The molecule has 8 heteroatoms. The monoisotopic (exact) mass is 323 g/mol. The molecule has 8 nitrogen and oxygen atoms in total. The molecule has 3 aromatic rings. The lowest BCUT2D eigenvalue weighted by Gasteiger charge is -2.09. The first-order chi connectivity index (χ1) is 11.5. The van der Waals surface area contributed by atoms with Gasteiger partial charge in [0.2, 0.25) is 0 Å². The lowest BCUT2D eigenvalue weighted by Crippen LogP contribution is -2.41. The topological polar surface area (TPSA) is 102 Å². The Morgan fingerprint density at radius 2 is 2.04 bits per heavy atom. The summed E-state index contributed by atoms with van der Waals surface area (Å²) in [5.74, 6) is 0. The van der Waals surface area contributed by atoms with Crippen LogP contribution < -0.4 is 16.8 Å². The molecule has 3 aromatic heterocycles. The fraction of sp³-hybridized carbons (Fsp3) is 0.188. The number of aryl methyl sites for hydroxylation is 1. The van der Waals surface area contributed by atoms with Crippen LogP contribution in [0.2, 0.25) is 0 Å². The van der Waals surface area contributed by atoms with Crippen LogP contribution in [0.25, 0.3) is 5.65 Å². The zero-order chi connectivity index (χ0) is 17.3. The third kappa shape index (κ3) is 2.52. The quantitative estimate of drug-likeness (QED) is 0.673. The summed E-state index contributed by atoms with van der Waals surface area (Å²) in [6, 6.07) is 8.15. The Labute approximate surface area is 135 Å². The fourth-order valence-electron chi connectivity index (χ4n) is 2.44. The summed E-state index contributed by atoms with van der Waals surface area (Å²) >= 11 is 0. The number of aromatic nitrogens is 4. The van der Waals surface area contributed by atoms with E-state index in [1.54, 1.807) is 37.4 Å². The Morgan fingerprint density at radius 3 is 2.75 bits per heavy atom. The second kappa shape index (κ2) is 5.96. The van der Waals surface area contributed by atoms with Crippen molar-refractivity contribution < 1.29 is 0 Å². The highest BCUT2D eigenvalue weighted by Crippen LogP contribution is 2.00. The Kier molecular flexibility index (Phi) is 3.83. The van der Waals surface area contributed by atoms with E-state index in [0.29, 0.717) is 12.2 Å². The van der Waals surface area contributed by atoms with Crippen molar-refractivity contribution in [2.75, 3.05) is 0 Å². The first kappa shape index (κ1) is 15.4. The van der Waals surface area contributed by atoms with E-state index in [0.717, 1.165) is 4.57 Å². The standard InChI is InChI=1S/C16H13N5O3/c1-2-19-9-11(8-17)15(23)21(16(19)24)10-12-7-14(22)20-6-4-3-5-13(20)18-12/h3-7,9H,2,10H2,1H3. The molecule has 0 aliphatic heterocycles. The van der Waals surface area contributed by atoms with Crippen molar-refractivity contribution in [3.63, 3.8) is 0 Å². The van der Waals surface area contributed by atoms with Crippen LogP contribution in [0.4, 0.5) is 0 Å². The minimum absolute atomic E-state index is 0.131. The van der Waals surface area contributed by atoms with Crippen molar-refractivity contribution in [1.82, 2.24) is 18.5 Å². The lowest BCUT2D eigenvalue weighted by molar-refractivity contribution is 0.592. The number of hydrogen-bond donors (Lipinski definition) is 0. The van der Waals surface area contributed by atoms with Crippen LogP contribution in [-0.4, -0.2) is 18.5 Å². The van der Waals surface area contributed by atoms with Gasteiger partial charge < -0.3 is 0 Å². The summed E-state index contributed by atoms with van der Waals surface area (Å²) in [6.07, 6.45) is 2.82. The van der Waals surface area contributed by atoms with Crippen LogP contribution in [0.15, 0.2) is 51.0 Å². The van der Waals surface area contributed by atoms with E-state index in [9.17, 15) is 14.4 Å². The van der Waals surface area contributed by atoms with Gasteiger partial charge in [0.15, 0.2) is 0 Å². The number of rotatable bonds is 3. The van der Waals surface area contributed by atoms with Crippen molar-refractivity contribution in [2.24, 2.45) is 0 Å². The van der Waals surface area contributed by atoms with Crippen LogP contribution in [0.5, 0.6) is 0 Å². The molecule has 0 unspecified atom stereocenters. The summed E-state index contributed by atoms with van der Waals surface area (Å²) in [7, 11) is 0. The van der Waals surface area contributed by atoms with E-state index in [1.165, 1.54) is 21.2 Å². The minimum Gasteiger partial charge on any atom is -0.299 e. The van der Waals surface area contributed by atoms with Crippen molar-refractivity contribution >= 4 is 5.65 Å². The van der Waals surface area contributed by atoms with E-state index in [1.807, 2.05) is 0 Å². The van der Waals surface area contributed by atoms with Gasteiger partial charge in [0.05, 0.1) is 12.2 Å². The van der Waals surface area contributed by atoms with E-state index in [-0.39, 0.29) is 23.4 Å². The Bertz CT molecular complexity index is 1150. The number of pyridine rings is 1. The van der Waals surface area contributed by atoms with Gasteiger partial charge in [-0.1, -0.05) is 6.07 Å². The highest BCUT2D eigenvalue weighted by molar-refractivity contribution is 5.38. The van der Waals surface area contributed by atoms with Gasteiger partial charge in [-0.25, -0.2) is 9.78 Å². The normalized spacial score (nSPS) is 10.7. The van der Waals surface area contributed by atoms with Crippen molar-refractivity contribution in [3.8, 4) is 6.07 Å². The number of nitrogens with zero attached hydrogens (tertiary/aromatic N) is 5.